The highest BCUT2D eigenvalue weighted by atomic mass is 16.5. The predicted molar refractivity (Wildman–Crippen MR) is 272 cm³/mol. The first-order chi connectivity index (χ1) is 32.7. The number of aliphatic hydroxyl groups is 2. The number of hydrogen-bond acceptors (Lipinski definition) is 11. The Morgan fingerprint density at radius 2 is 0.765 bits per heavy atom. The average Bonchev–Trinajstić information content (AvgIpc) is 3.32. The van der Waals surface area contributed by atoms with Crippen LogP contribution >= 0.6 is 0 Å². The van der Waals surface area contributed by atoms with Crippen molar-refractivity contribution >= 4 is 0 Å². The molecule has 2 N–H and O–H groups in total. The van der Waals surface area contributed by atoms with Crippen molar-refractivity contribution in [1.29, 1.82) is 0 Å². The zero-order valence-electron chi connectivity index (χ0n) is 43.8. The quantitative estimate of drug-likeness (QED) is 0.181. The molecule has 8 atom stereocenters. The Morgan fingerprint density at radius 3 is 1.10 bits per heavy atom. The Balaban J connectivity index is 0.000000151. The third kappa shape index (κ3) is 11.9. The summed E-state index contributed by atoms with van der Waals surface area (Å²) in [7, 11) is 10.2. The van der Waals surface area contributed by atoms with Crippen LogP contribution in [0, 0.1) is 35.5 Å². The van der Waals surface area contributed by atoms with Gasteiger partial charge in [0, 0.05) is 57.4 Å². The Kier molecular flexibility index (Phi) is 18.0. The molecule has 0 radical (unpaired) electrons. The molecule has 378 valence electrons. The summed E-state index contributed by atoms with van der Waals surface area (Å²) in [6.07, 6.45) is 10.6. The van der Waals surface area contributed by atoms with Gasteiger partial charge in [-0.1, -0.05) is 41.5 Å². The largest absolute Gasteiger partial charge is 0.493 e. The molecule has 0 amide bonds. The minimum atomic E-state index is -0.210. The lowest BCUT2D eigenvalue weighted by Gasteiger charge is -2.46. The summed E-state index contributed by atoms with van der Waals surface area (Å²) in [5, 5.41) is 21.3. The molecule has 0 bridgehead atoms. The molecule has 9 rings (SSSR count). The fraction of sp³-hybridized carbons (Fsp3) is 0.684. The number of rotatable bonds is 12. The Hall–Kier alpha value is -3.74. The maximum atomic E-state index is 10.6. The number of aliphatic hydroxyl groups excluding tert-OH is 2. The van der Waals surface area contributed by atoms with E-state index in [0.29, 0.717) is 41.8 Å². The molecule has 11 heteroatoms. The van der Waals surface area contributed by atoms with Crippen LogP contribution in [0.3, 0.4) is 0 Å². The lowest BCUT2D eigenvalue weighted by Crippen LogP contribution is -2.48. The third-order valence-electron chi connectivity index (χ3n) is 16.0. The lowest BCUT2D eigenvalue weighted by atomic mass is 9.79. The number of piperidine rings is 3. The molecule has 0 aliphatic carbocycles. The maximum absolute atomic E-state index is 10.6. The van der Waals surface area contributed by atoms with E-state index in [0.717, 1.165) is 117 Å². The molecule has 11 nitrogen and oxygen atoms in total. The number of hydrogen-bond donors (Lipinski definition) is 2. The minimum Gasteiger partial charge on any atom is -0.493 e. The molecular formula is C57H87N3O8. The fourth-order valence-corrected chi connectivity index (χ4v) is 12.8. The molecule has 6 aliphatic rings. The number of fused-ring (bicyclic) bond motifs is 9. The van der Waals surface area contributed by atoms with E-state index in [-0.39, 0.29) is 12.2 Å². The van der Waals surface area contributed by atoms with Gasteiger partial charge < -0.3 is 38.6 Å². The summed E-state index contributed by atoms with van der Waals surface area (Å²) in [6.45, 7) is 20.2. The van der Waals surface area contributed by atoms with Gasteiger partial charge in [-0.15, -0.1) is 0 Å². The highest BCUT2D eigenvalue weighted by molar-refractivity contribution is 5.52. The highest BCUT2D eigenvalue weighted by Gasteiger charge is 2.41. The van der Waals surface area contributed by atoms with Crippen molar-refractivity contribution in [3.8, 4) is 34.5 Å². The first-order valence-electron chi connectivity index (χ1n) is 26.0. The van der Waals surface area contributed by atoms with E-state index < -0.39 is 0 Å². The molecule has 0 spiro atoms. The van der Waals surface area contributed by atoms with Crippen LogP contribution in [-0.2, 0) is 19.3 Å². The van der Waals surface area contributed by atoms with Crippen LogP contribution in [0.1, 0.15) is 138 Å². The van der Waals surface area contributed by atoms with E-state index in [1.165, 1.54) is 65.7 Å². The van der Waals surface area contributed by atoms with Gasteiger partial charge in [0.1, 0.15) is 0 Å². The van der Waals surface area contributed by atoms with E-state index in [2.05, 4.69) is 92.6 Å². The van der Waals surface area contributed by atoms with Gasteiger partial charge in [0.25, 0.3) is 0 Å². The second-order valence-electron chi connectivity index (χ2n) is 22.0. The number of benzene rings is 3. The molecule has 5 unspecified atom stereocenters. The molecule has 3 aromatic carbocycles. The van der Waals surface area contributed by atoms with E-state index in [1.807, 2.05) is 0 Å². The Morgan fingerprint density at radius 1 is 0.441 bits per heavy atom. The van der Waals surface area contributed by atoms with Crippen LogP contribution in [0.4, 0.5) is 0 Å². The summed E-state index contributed by atoms with van der Waals surface area (Å²) in [5.41, 5.74) is 8.18. The van der Waals surface area contributed by atoms with Crippen LogP contribution in [0.25, 0.3) is 0 Å². The number of nitrogens with zero attached hydrogens (tertiary/aromatic N) is 3. The summed E-state index contributed by atoms with van der Waals surface area (Å²) < 4.78 is 32.8. The molecule has 6 heterocycles. The van der Waals surface area contributed by atoms with E-state index >= 15 is 0 Å². The fourth-order valence-electron chi connectivity index (χ4n) is 12.8. The normalized spacial score (nSPS) is 26.6. The minimum absolute atomic E-state index is 0.210. The van der Waals surface area contributed by atoms with Crippen molar-refractivity contribution in [3.05, 3.63) is 69.8 Å². The molecule has 0 aromatic heterocycles. The second-order valence-corrected chi connectivity index (χ2v) is 22.0. The van der Waals surface area contributed by atoms with Gasteiger partial charge in [0.05, 0.1) is 54.9 Å². The summed E-state index contributed by atoms with van der Waals surface area (Å²) >= 11 is 0. The van der Waals surface area contributed by atoms with E-state index in [1.54, 1.807) is 42.7 Å². The van der Waals surface area contributed by atoms with Crippen molar-refractivity contribution in [1.82, 2.24) is 14.7 Å². The molecule has 68 heavy (non-hydrogen) atoms. The molecular weight excluding hydrogens is 855 g/mol. The van der Waals surface area contributed by atoms with Crippen LogP contribution in [0.15, 0.2) is 36.4 Å². The molecule has 0 saturated carbocycles. The summed E-state index contributed by atoms with van der Waals surface area (Å²) in [5.74, 6) is 8.64. The van der Waals surface area contributed by atoms with Gasteiger partial charge in [-0.05, 0) is 169 Å². The van der Waals surface area contributed by atoms with Gasteiger partial charge in [-0.3, -0.25) is 14.7 Å². The van der Waals surface area contributed by atoms with Crippen LogP contribution in [0.2, 0.25) is 0 Å². The molecule has 6 aliphatic heterocycles. The standard InChI is InChI=1S/2C19H29NO3.C19H29NO2/c2*1-12(2)7-14-11-20-6-5-13-8-18(22-3)19(23-4)9-15(13)16(20)10-17(14)21;1-13(2)9-14-5-6-17-16-11-19(22-4)18(21-3)10-15(16)7-8-20(17)12-14/h2*8-9,12,14,16-17,21H,5-7,10-11H2,1-4H3;10-11,13-14,17H,5-9,12H2,1-4H3/t14-,16-,17+;;/m1../s1. The van der Waals surface area contributed by atoms with E-state index in [9.17, 15) is 10.2 Å². The Labute approximate surface area is 409 Å². The van der Waals surface area contributed by atoms with Gasteiger partial charge in [0.15, 0.2) is 34.5 Å². The summed E-state index contributed by atoms with van der Waals surface area (Å²) in [6, 6.07) is 14.0. The average molecular weight is 942 g/mol. The van der Waals surface area contributed by atoms with Crippen LogP contribution in [-0.4, -0.2) is 119 Å². The SMILES string of the molecule is COc1cc2c(cc1OC)C1CC(O)C(CC(C)C)CN1CC2.COc1cc2c(cc1OC)C1CCC(CC(C)C)CN1CC2.COc1cc2c(cc1OC)[C@H]1C[C@H](O)[C@H](CC(C)C)CN1CC2. The lowest BCUT2D eigenvalue weighted by molar-refractivity contribution is -0.0192. The molecule has 3 fully saturated rings. The van der Waals surface area contributed by atoms with Crippen molar-refractivity contribution in [2.75, 3.05) is 81.9 Å². The zero-order chi connectivity index (χ0) is 48.8. The monoisotopic (exact) mass is 942 g/mol. The second kappa shape index (κ2) is 23.4. The third-order valence-corrected chi connectivity index (χ3v) is 16.0. The van der Waals surface area contributed by atoms with Crippen molar-refractivity contribution in [2.24, 2.45) is 35.5 Å². The highest BCUT2D eigenvalue weighted by Crippen LogP contribution is 2.47. The smallest absolute Gasteiger partial charge is 0.161 e. The Bertz CT molecular complexity index is 2010. The molecule has 3 saturated heterocycles. The maximum Gasteiger partial charge on any atom is 0.161 e. The van der Waals surface area contributed by atoms with Gasteiger partial charge in [-0.2, -0.15) is 0 Å². The first-order valence-corrected chi connectivity index (χ1v) is 26.0. The van der Waals surface area contributed by atoms with Crippen LogP contribution < -0.4 is 28.4 Å². The molecule has 3 aromatic rings. The first kappa shape index (κ1) is 52.1. The number of methoxy groups -OCH3 is 6. The van der Waals surface area contributed by atoms with Gasteiger partial charge >= 0.3 is 0 Å². The summed E-state index contributed by atoms with van der Waals surface area (Å²) in [4.78, 5) is 7.80. The van der Waals surface area contributed by atoms with E-state index in [4.69, 9.17) is 28.4 Å². The predicted octanol–water partition coefficient (Wildman–Crippen LogP) is 10.1. The van der Waals surface area contributed by atoms with Crippen molar-refractivity contribution in [2.45, 2.75) is 136 Å². The van der Waals surface area contributed by atoms with Crippen molar-refractivity contribution in [3.63, 3.8) is 0 Å². The topological polar surface area (TPSA) is 106 Å². The van der Waals surface area contributed by atoms with Gasteiger partial charge in [-0.25, -0.2) is 0 Å². The number of ether oxygens (including phenoxy) is 6. The van der Waals surface area contributed by atoms with Crippen molar-refractivity contribution < 1.29 is 38.6 Å². The van der Waals surface area contributed by atoms with Crippen LogP contribution in [0.5, 0.6) is 34.5 Å². The zero-order valence-corrected chi connectivity index (χ0v) is 43.8. The van der Waals surface area contributed by atoms with Gasteiger partial charge in [0.2, 0.25) is 0 Å².